The number of nitrogens with zero attached hydrogens (tertiary/aromatic N) is 3. The van der Waals surface area contributed by atoms with Crippen LogP contribution in [-0.4, -0.2) is 19.6 Å². The summed E-state index contributed by atoms with van der Waals surface area (Å²) in [5, 5.41) is 12.2. The third-order valence-electron chi connectivity index (χ3n) is 2.44. The van der Waals surface area contributed by atoms with Gasteiger partial charge in [0.25, 0.3) is 0 Å². The summed E-state index contributed by atoms with van der Waals surface area (Å²) in [5.41, 5.74) is 0.540. The van der Waals surface area contributed by atoms with Crippen molar-refractivity contribution in [2.24, 2.45) is 0 Å². The van der Waals surface area contributed by atoms with Crippen LogP contribution in [0.4, 0.5) is 0 Å². The third kappa shape index (κ3) is 1.68. The Labute approximate surface area is 92.2 Å². The molecule has 0 fully saturated rings. The number of aliphatic hydroxyl groups excluding tert-OH is 1. The molecule has 1 N–H and O–H groups in total. The molecule has 4 nitrogen and oxygen atoms in total. The summed E-state index contributed by atoms with van der Waals surface area (Å²) in [5.74, 6) is 0. The molecule has 0 aliphatic heterocycles. The van der Waals surface area contributed by atoms with Crippen LogP contribution in [0.5, 0.6) is 0 Å². The Bertz CT molecular complexity index is 433. The van der Waals surface area contributed by atoms with Crippen molar-refractivity contribution in [2.45, 2.75) is 26.0 Å². The number of thiazole rings is 1. The number of aromatic nitrogens is 3. The highest BCUT2D eigenvalue weighted by Crippen LogP contribution is 2.28. The summed E-state index contributed by atoms with van der Waals surface area (Å²) >= 11 is 1.61. The van der Waals surface area contributed by atoms with Crippen LogP contribution in [-0.2, 0) is 12.1 Å². The molecule has 2 aromatic heterocycles. The molecule has 0 atom stereocenters. The Hall–Kier alpha value is -1.20. The molecule has 0 aliphatic carbocycles. The molecule has 0 spiro atoms. The molecule has 0 saturated heterocycles. The lowest BCUT2D eigenvalue weighted by Gasteiger charge is -2.25. The largest absolute Gasteiger partial charge is 0.390 e. The predicted octanol–water partition coefficient (Wildman–Crippen LogP) is 1.62. The average Bonchev–Trinajstić information content (AvgIpc) is 2.89. The van der Waals surface area contributed by atoms with Gasteiger partial charge in [0.2, 0.25) is 0 Å². The van der Waals surface area contributed by atoms with Crippen molar-refractivity contribution >= 4 is 11.3 Å². The van der Waals surface area contributed by atoms with Crippen molar-refractivity contribution in [2.75, 3.05) is 0 Å². The summed E-state index contributed by atoms with van der Waals surface area (Å²) in [6.45, 7) is 4.12. The molecule has 0 aliphatic rings. The lowest BCUT2D eigenvalue weighted by Crippen LogP contribution is -2.28. The fraction of sp³-hybridized carbons (Fsp3) is 0.400. The first kappa shape index (κ1) is 10.3. The Balaban J connectivity index is 2.46. The van der Waals surface area contributed by atoms with Crippen molar-refractivity contribution in [3.05, 3.63) is 34.8 Å². The maximum Gasteiger partial charge on any atom is 0.118 e. The van der Waals surface area contributed by atoms with Gasteiger partial charge in [0.1, 0.15) is 5.01 Å². The maximum atomic E-state index is 9.19. The summed E-state index contributed by atoms with van der Waals surface area (Å²) in [6.07, 6.45) is 5.19. The number of hydrogen-bond donors (Lipinski definition) is 1. The van der Waals surface area contributed by atoms with Crippen LogP contribution in [0.3, 0.4) is 0 Å². The van der Waals surface area contributed by atoms with E-state index in [4.69, 9.17) is 0 Å². The second-order valence-electron chi connectivity index (χ2n) is 3.81. The highest BCUT2D eigenvalue weighted by atomic mass is 32.1. The molecular weight excluding hydrogens is 210 g/mol. The molecule has 15 heavy (non-hydrogen) atoms. The zero-order chi connectivity index (χ0) is 10.9. The van der Waals surface area contributed by atoms with Gasteiger partial charge in [-0.25, -0.2) is 9.97 Å². The van der Waals surface area contributed by atoms with Crippen LogP contribution >= 0.6 is 11.3 Å². The second kappa shape index (κ2) is 3.75. The standard InChI is InChI=1S/C10H13N3OS/c1-10(2,9-12-3-4-15-9)13-7-11-5-8(13)6-14/h3-5,7,14H,6H2,1-2H3. The molecule has 0 aromatic carbocycles. The third-order valence-corrected chi connectivity index (χ3v) is 3.52. The summed E-state index contributed by atoms with van der Waals surface area (Å²) in [4.78, 5) is 8.36. The monoisotopic (exact) mass is 223 g/mol. The van der Waals surface area contributed by atoms with E-state index in [2.05, 4.69) is 23.8 Å². The Morgan fingerprint density at radius 2 is 2.33 bits per heavy atom. The number of rotatable bonds is 3. The van der Waals surface area contributed by atoms with E-state index < -0.39 is 0 Å². The molecule has 0 bridgehead atoms. The lowest BCUT2D eigenvalue weighted by molar-refractivity contribution is 0.260. The molecule has 0 unspecified atom stereocenters. The van der Waals surface area contributed by atoms with E-state index in [0.717, 1.165) is 10.7 Å². The Morgan fingerprint density at radius 1 is 1.53 bits per heavy atom. The first-order chi connectivity index (χ1) is 7.16. The zero-order valence-corrected chi connectivity index (χ0v) is 9.53. The summed E-state index contributed by atoms with van der Waals surface area (Å²) < 4.78 is 1.95. The van der Waals surface area contributed by atoms with Gasteiger partial charge in [0.05, 0.1) is 30.4 Å². The van der Waals surface area contributed by atoms with Crippen LogP contribution < -0.4 is 0 Å². The van der Waals surface area contributed by atoms with Crippen LogP contribution in [0.25, 0.3) is 0 Å². The maximum absolute atomic E-state index is 9.19. The summed E-state index contributed by atoms with van der Waals surface area (Å²) in [7, 11) is 0. The topological polar surface area (TPSA) is 50.9 Å². The van der Waals surface area contributed by atoms with Crippen molar-refractivity contribution in [1.29, 1.82) is 0 Å². The molecule has 0 saturated carbocycles. The molecule has 0 radical (unpaired) electrons. The van der Waals surface area contributed by atoms with E-state index in [1.807, 2.05) is 9.95 Å². The van der Waals surface area contributed by atoms with Crippen LogP contribution in [0.15, 0.2) is 24.1 Å². The number of aliphatic hydroxyl groups is 1. The van der Waals surface area contributed by atoms with Gasteiger partial charge in [-0.2, -0.15) is 0 Å². The minimum absolute atomic E-state index is 0.00515. The van der Waals surface area contributed by atoms with Gasteiger partial charge < -0.3 is 9.67 Å². The second-order valence-corrected chi connectivity index (χ2v) is 4.70. The first-order valence-corrected chi connectivity index (χ1v) is 5.56. The first-order valence-electron chi connectivity index (χ1n) is 4.69. The van der Waals surface area contributed by atoms with Crippen molar-refractivity contribution < 1.29 is 5.11 Å². The number of hydrogen-bond acceptors (Lipinski definition) is 4. The van der Waals surface area contributed by atoms with Crippen LogP contribution in [0.1, 0.15) is 24.5 Å². The van der Waals surface area contributed by atoms with Crippen LogP contribution in [0, 0.1) is 0 Å². The lowest BCUT2D eigenvalue weighted by atomic mass is 10.1. The Morgan fingerprint density at radius 3 is 2.93 bits per heavy atom. The van der Waals surface area contributed by atoms with E-state index >= 15 is 0 Å². The molecule has 5 heteroatoms. The van der Waals surface area contributed by atoms with Crippen molar-refractivity contribution in [1.82, 2.24) is 14.5 Å². The fourth-order valence-corrected chi connectivity index (χ4v) is 2.33. The van der Waals surface area contributed by atoms with E-state index in [-0.39, 0.29) is 12.1 Å². The van der Waals surface area contributed by atoms with E-state index in [1.165, 1.54) is 0 Å². The summed E-state index contributed by atoms with van der Waals surface area (Å²) in [6, 6.07) is 0. The molecular formula is C10H13N3OS. The van der Waals surface area contributed by atoms with Crippen molar-refractivity contribution in [3.63, 3.8) is 0 Å². The Kier molecular flexibility index (Phi) is 2.58. The van der Waals surface area contributed by atoms with Gasteiger partial charge in [0, 0.05) is 11.6 Å². The van der Waals surface area contributed by atoms with Crippen LogP contribution in [0.2, 0.25) is 0 Å². The SMILES string of the molecule is CC(C)(c1nccs1)n1cncc1CO. The van der Waals surface area contributed by atoms with E-state index in [1.54, 1.807) is 30.1 Å². The van der Waals surface area contributed by atoms with Gasteiger partial charge >= 0.3 is 0 Å². The highest BCUT2D eigenvalue weighted by molar-refractivity contribution is 7.09. The molecule has 80 valence electrons. The highest BCUT2D eigenvalue weighted by Gasteiger charge is 2.27. The normalized spacial score (nSPS) is 11.9. The average molecular weight is 223 g/mol. The van der Waals surface area contributed by atoms with Gasteiger partial charge in [0.15, 0.2) is 0 Å². The molecule has 2 aromatic rings. The van der Waals surface area contributed by atoms with E-state index in [0.29, 0.717) is 0 Å². The molecule has 0 amide bonds. The quantitative estimate of drug-likeness (QED) is 0.860. The van der Waals surface area contributed by atoms with E-state index in [9.17, 15) is 5.11 Å². The molecule has 2 heterocycles. The van der Waals surface area contributed by atoms with Gasteiger partial charge in [-0.3, -0.25) is 0 Å². The minimum atomic E-state index is -0.261. The van der Waals surface area contributed by atoms with Crippen molar-refractivity contribution in [3.8, 4) is 0 Å². The minimum Gasteiger partial charge on any atom is -0.390 e. The predicted molar refractivity (Wildman–Crippen MR) is 58.7 cm³/mol. The number of imidazole rings is 1. The zero-order valence-electron chi connectivity index (χ0n) is 8.71. The van der Waals surface area contributed by atoms with Gasteiger partial charge in [-0.1, -0.05) is 0 Å². The smallest absolute Gasteiger partial charge is 0.118 e. The van der Waals surface area contributed by atoms with Gasteiger partial charge in [-0.15, -0.1) is 11.3 Å². The fourth-order valence-electron chi connectivity index (χ4n) is 1.57. The molecule has 2 rings (SSSR count). The van der Waals surface area contributed by atoms with Gasteiger partial charge in [-0.05, 0) is 13.8 Å².